The summed E-state index contributed by atoms with van der Waals surface area (Å²) in [6.07, 6.45) is 5.97. The summed E-state index contributed by atoms with van der Waals surface area (Å²) in [4.78, 5) is 5.38. The molecule has 1 saturated heterocycles. The standard InChI is InChI=1S/C21H36N4O2S.C2H6/c1-4-17-11-18-19(28-17)5-10-27-21(18)6-8-24(9-7-21)12-16(22)13-25(23)14-20(2,3)15-26;1-2/h11,13,26H,4-10,12,14-15,22-23H2,1-3H3;1-2H3/b16-13-;. The zero-order valence-corrected chi connectivity index (χ0v) is 20.4. The van der Waals surface area contributed by atoms with Crippen molar-refractivity contribution in [2.24, 2.45) is 17.0 Å². The van der Waals surface area contributed by atoms with E-state index in [1.54, 1.807) is 11.2 Å². The van der Waals surface area contributed by atoms with Gasteiger partial charge >= 0.3 is 0 Å². The Morgan fingerprint density at radius 2 is 2.03 bits per heavy atom. The van der Waals surface area contributed by atoms with Crippen LogP contribution in [-0.2, 0) is 23.2 Å². The smallest absolute Gasteiger partial charge is 0.0966 e. The molecule has 3 heterocycles. The zero-order chi connectivity index (χ0) is 22.4. The Balaban J connectivity index is 0.00000155. The first-order chi connectivity index (χ1) is 14.3. The molecule has 0 bridgehead atoms. The zero-order valence-electron chi connectivity index (χ0n) is 19.5. The van der Waals surface area contributed by atoms with Crippen molar-refractivity contribution in [3.05, 3.63) is 33.3 Å². The first-order valence-electron chi connectivity index (χ1n) is 11.3. The number of thiophene rings is 1. The number of piperidine rings is 1. The molecule has 3 rings (SSSR count). The fraction of sp³-hybridized carbons (Fsp3) is 0.739. The molecule has 0 unspecified atom stereocenters. The minimum atomic E-state index is -0.253. The highest BCUT2D eigenvalue weighted by molar-refractivity contribution is 7.12. The van der Waals surface area contributed by atoms with Crippen molar-refractivity contribution >= 4 is 11.3 Å². The highest BCUT2D eigenvalue weighted by Crippen LogP contribution is 2.44. The molecule has 1 aromatic rings. The van der Waals surface area contributed by atoms with E-state index in [9.17, 15) is 5.11 Å². The van der Waals surface area contributed by atoms with Gasteiger partial charge in [0.25, 0.3) is 0 Å². The summed E-state index contributed by atoms with van der Waals surface area (Å²) in [5, 5.41) is 11.0. The number of rotatable bonds is 7. The van der Waals surface area contributed by atoms with Gasteiger partial charge in [-0.2, -0.15) is 0 Å². The van der Waals surface area contributed by atoms with Crippen LogP contribution in [0, 0.1) is 5.41 Å². The number of aliphatic hydroxyl groups is 1. The van der Waals surface area contributed by atoms with Gasteiger partial charge in [0.1, 0.15) is 0 Å². The maximum Gasteiger partial charge on any atom is 0.0966 e. The Morgan fingerprint density at radius 1 is 1.37 bits per heavy atom. The molecule has 7 heteroatoms. The minimum Gasteiger partial charge on any atom is -0.400 e. The molecule has 0 radical (unpaired) electrons. The van der Waals surface area contributed by atoms with E-state index >= 15 is 0 Å². The van der Waals surface area contributed by atoms with E-state index in [-0.39, 0.29) is 17.6 Å². The van der Waals surface area contributed by atoms with Crippen molar-refractivity contribution in [2.75, 3.05) is 39.4 Å². The van der Waals surface area contributed by atoms with E-state index in [1.165, 1.54) is 15.3 Å². The van der Waals surface area contributed by atoms with Gasteiger partial charge in [-0.05, 0) is 30.9 Å². The molecular weight excluding hydrogens is 396 g/mol. The third kappa shape index (κ3) is 6.20. The lowest BCUT2D eigenvalue weighted by molar-refractivity contribution is -0.0961. The molecule has 2 aliphatic heterocycles. The van der Waals surface area contributed by atoms with Gasteiger partial charge in [-0.1, -0.05) is 34.6 Å². The highest BCUT2D eigenvalue weighted by Gasteiger charge is 2.41. The van der Waals surface area contributed by atoms with Crippen molar-refractivity contribution < 1.29 is 9.84 Å². The molecular formula is C23H42N4O2S. The van der Waals surface area contributed by atoms with Crippen LogP contribution in [0.2, 0.25) is 0 Å². The number of hydrogen-bond acceptors (Lipinski definition) is 7. The molecule has 1 aromatic heterocycles. The summed E-state index contributed by atoms with van der Waals surface area (Å²) >= 11 is 1.97. The lowest BCUT2D eigenvalue weighted by Gasteiger charge is -2.44. The first kappa shape index (κ1) is 25.1. The van der Waals surface area contributed by atoms with Crippen molar-refractivity contribution in [1.82, 2.24) is 9.91 Å². The number of aryl methyl sites for hydroxylation is 1. The maximum atomic E-state index is 9.39. The van der Waals surface area contributed by atoms with E-state index < -0.39 is 0 Å². The van der Waals surface area contributed by atoms with Gasteiger partial charge in [0.05, 0.1) is 12.2 Å². The van der Waals surface area contributed by atoms with Crippen molar-refractivity contribution in [3.63, 3.8) is 0 Å². The summed E-state index contributed by atoms with van der Waals surface area (Å²) in [7, 11) is 0. The van der Waals surface area contributed by atoms with E-state index in [0.29, 0.717) is 13.1 Å². The van der Waals surface area contributed by atoms with Crippen molar-refractivity contribution in [2.45, 2.75) is 65.9 Å². The molecule has 172 valence electrons. The molecule has 0 saturated carbocycles. The van der Waals surface area contributed by atoms with Crippen LogP contribution < -0.4 is 11.6 Å². The average Bonchev–Trinajstić information content (AvgIpc) is 3.16. The second-order valence-electron chi connectivity index (χ2n) is 8.97. The lowest BCUT2D eigenvalue weighted by Crippen LogP contribution is -2.47. The topological polar surface area (TPSA) is 88.0 Å². The Hall–Kier alpha value is -1.12. The number of ether oxygens (including phenoxy) is 1. The average molecular weight is 439 g/mol. The number of hydrazine groups is 1. The third-order valence-corrected chi connectivity index (χ3v) is 7.19. The van der Waals surface area contributed by atoms with Crippen LogP contribution in [0.5, 0.6) is 0 Å². The monoisotopic (exact) mass is 438 g/mol. The first-order valence-corrected chi connectivity index (χ1v) is 12.2. The van der Waals surface area contributed by atoms with E-state index in [1.807, 2.05) is 39.0 Å². The molecule has 30 heavy (non-hydrogen) atoms. The second kappa shape index (κ2) is 11.0. The minimum absolute atomic E-state index is 0.0902. The molecule has 1 spiro atoms. The van der Waals surface area contributed by atoms with Gasteiger partial charge in [0, 0.05) is 66.3 Å². The molecule has 6 nitrogen and oxygen atoms in total. The molecule has 0 aliphatic carbocycles. The SMILES string of the molecule is CC.CCc1cc2c(s1)CCOC21CCN(C/C(N)=C/N(N)CC(C)(C)CO)CC1. The number of fused-ring (bicyclic) bond motifs is 2. The maximum absolute atomic E-state index is 9.39. The van der Waals surface area contributed by atoms with Gasteiger partial charge in [-0.15, -0.1) is 11.3 Å². The molecule has 0 aromatic carbocycles. The molecule has 0 amide bonds. The van der Waals surface area contributed by atoms with Crippen LogP contribution in [0.25, 0.3) is 0 Å². The van der Waals surface area contributed by atoms with Gasteiger partial charge in [-0.25, -0.2) is 5.84 Å². The van der Waals surface area contributed by atoms with Crippen LogP contribution >= 0.6 is 11.3 Å². The van der Waals surface area contributed by atoms with E-state index in [2.05, 4.69) is 17.9 Å². The molecule has 5 N–H and O–H groups in total. The lowest BCUT2D eigenvalue weighted by atomic mass is 9.82. The van der Waals surface area contributed by atoms with Gasteiger partial charge in [-0.3, -0.25) is 4.90 Å². The quantitative estimate of drug-likeness (QED) is 0.448. The highest BCUT2D eigenvalue weighted by atomic mass is 32.1. The fourth-order valence-corrected chi connectivity index (χ4v) is 5.41. The van der Waals surface area contributed by atoms with Crippen LogP contribution in [0.1, 0.15) is 62.8 Å². The third-order valence-electron chi connectivity index (χ3n) is 5.85. The summed E-state index contributed by atoms with van der Waals surface area (Å²) in [5.41, 5.74) is 8.09. The predicted molar refractivity (Wildman–Crippen MR) is 126 cm³/mol. The Kier molecular flexibility index (Phi) is 9.18. The Morgan fingerprint density at radius 3 is 2.63 bits per heavy atom. The second-order valence-corrected chi connectivity index (χ2v) is 10.2. The van der Waals surface area contributed by atoms with Crippen molar-refractivity contribution in [3.8, 4) is 0 Å². The summed E-state index contributed by atoms with van der Waals surface area (Å²) in [6, 6.07) is 2.39. The van der Waals surface area contributed by atoms with Gasteiger partial charge in [0.2, 0.25) is 0 Å². The van der Waals surface area contributed by atoms with Crippen molar-refractivity contribution in [1.29, 1.82) is 0 Å². The number of nitrogens with two attached hydrogens (primary N) is 2. The number of likely N-dealkylation sites (tertiary alicyclic amines) is 1. The van der Waals surface area contributed by atoms with E-state index in [4.69, 9.17) is 16.3 Å². The van der Waals surface area contributed by atoms with Crippen LogP contribution in [0.3, 0.4) is 0 Å². The Bertz CT molecular complexity index is 693. The largest absolute Gasteiger partial charge is 0.400 e. The summed E-state index contributed by atoms with van der Waals surface area (Å²) in [5.74, 6) is 6.05. The number of hydrogen-bond donors (Lipinski definition) is 3. The molecule has 0 atom stereocenters. The molecule has 2 aliphatic rings. The van der Waals surface area contributed by atoms with Crippen LogP contribution in [0.15, 0.2) is 18.0 Å². The van der Waals surface area contributed by atoms with Gasteiger partial charge in [0.15, 0.2) is 0 Å². The van der Waals surface area contributed by atoms with E-state index in [0.717, 1.165) is 51.1 Å². The summed E-state index contributed by atoms with van der Waals surface area (Å²) < 4.78 is 6.36. The predicted octanol–water partition coefficient (Wildman–Crippen LogP) is 3.19. The summed E-state index contributed by atoms with van der Waals surface area (Å²) in [6.45, 7) is 14.3. The van der Waals surface area contributed by atoms with Crippen LogP contribution in [0.4, 0.5) is 0 Å². The normalized spacial score (nSPS) is 19.2. The fourth-order valence-electron chi connectivity index (χ4n) is 4.23. The number of aliphatic hydroxyl groups excluding tert-OH is 1. The Labute approximate surface area is 186 Å². The number of nitrogens with zero attached hydrogens (tertiary/aromatic N) is 2. The molecule has 1 fully saturated rings. The van der Waals surface area contributed by atoms with Crippen LogP contribution in [-0.4, -0.2) is 54.4 Å². The van der Waals surface area contributed by atoms with Gasteiger partial charge < -0.3 is 20.6 Å².